The quantitative estimate of drug-likeness (QED) is 0.0481. The van der Waals surface area contributed by atoms with Gasteiger partial charge in [0.25, 0.3) is 0 Å². The Hall–Kier alpha value is -1.92. The number of aliphatic hydroxyl groups excluding tert-OH is 2. The zero-order valence-electron chi connectivity index (χ0n) is 34.7. The summed E-state index contributed by atoms with van der Waals surface area (Å²) in [6.07, 6.45) is 44.5. The minimum absolute atomic E-state index is 0.117. The number of unbranched alkanes of at least 4 members (excludes halogenated alkanes) is 24. The second kappa shape index (κ2) is 41.8. The number of hydrogen-bond donors (Lipinski definition) is 2. The van der Waals surface area contributed by atoms with Gasteiger partial charge in [0.1, 0.15) is 25.4 Å². The van der Waals surface area contributed by atoms with Crippen molar-refractivity contribution in [2.45, 2.75) is 232 Å². The standard InChI is InChI=1S/C46H86O6/c1-5-9-13-17-21-25-29-33-37-49-41-43(51-39-35-31-27-23-19-15-11-7-3)45(47)46(48)44(52-40-36-32-28-24-20-16-12-8-4)42-50-38-34-30-26-22-18-14-10-6-2/h33-40,43-48H,5-32,41-42H2,1-4H3/b37-33+,38-34+,39-35+,40-36+/t43-,44-,45-,46-/m1/s1. The summed E-state index contributed by atoms with van der Waals surface area (Å²) < 4.78 is 23.7. The Morgan fingerprint density at radius 3 is 0.885 bits per heavy atom. The van der Waals surface area contributed by atoms with E-state index in [4.69, 9.17) is 18.9 Å². The van der Waals surface area contributed by atoms with Crippen LogP contribution < -0.4 is 0 Å². The van der Waals surface area contributed by atoms with E-state index in [0.717, 1.165) is 51.4 Å². The van der Waals surface area contributed by atoms with Crippen LogP contribution in [0.25, 0.3) is 0 Å². The normalized spacial score (nSPS) is 14.5. The van der Waals surface area contributed by atoms with Crippen LogP contribution in [-0.2, 0) is 18.9 Å². The molecule has 0 saturated heterocycles. The molecule has 6 nitrogen and oxygen atoms in total. The Kier molecular flexibility index (Phi) is 40.3. The van der Waals surface area contributed by atoms with Crippen LogP contribution in [0.1, 0.15) is 207 Å². The van der Waals surface area contributed by atoms with Crippen molar-refractivity contribution < 1.29 is 29.2 Å². The summed E-state index contributed by atoms with van der Waals surface area (Å²) in [7, 11) is 0. The van der Waals surface area contributed by atoms with Crippen molar-refractivity contribution in [1.82, 2.24) is 0 Å². The Bertz CT molecular complexity index is 743. The summed E-state index contributed by atoms with van der Waals surface area (Å²) in [5.41, 5.74) is 0. The topological polar surface area (TPSA) is 77.4 Å². The van der Waals surface area contributed by atoms with Crippen molar-refractivity contribution in [2.24, 2.45) is 0 Å². The zero-order valence-corrected chi connectivity index (χ0v) is 34.7. The second-order valence-corrected chi connectivity index (χ2v) is 14.7. The van der Waals surface area contributed by atoms with Gasteiger partial charge in [0.15, 0.2) is 12.2 Å². The van der Waals surface area contributed by atoms with E-state index in [0.29, 0.717) is 0 Å². The van der Waals surface area contributed by atoms with Crippen molar-refractivity contribution in [1.29, 1.82) is 0 Å². The molecule has 0 aromatic carbocycles. The van der Waals surface area contributed by atoms with Crippen LogP contribution in [-0.4, -0.2) is 47.8 Å². The van der Waals surface area contributed by atoms with Gasteiger partial charge in [-0.1, -0.05) is 156 Å². The molecule has 0 aliphatic heterocycles. The van der Waals surface area contributed by atoms with Gasteiger partial charge in [-0.25, -0.2) is 0 Å². The van der Waals surface area contributed by atoms with E-state index in [-0.39, 0.29) is 13.2 Å². The molecule has 0 spiro atoms. The largest absolute Gasteiger partial charge is 0.498 e. The molecule has 0 fully saturated rings. The fourth-order valence-corrected chi connectivity index (χ4v) is 6.07. The Morgan fingerprint density at radius 2 is 0.596 bits per heavy atom. The lowest BCUT2D eigenvalue weighted by Crippen LogP contribution is -2.48. The van der Waals surface area contributed by atoms with Crippen LogP contribution in [0.15, 0.2) is 49.4 Å². The molecule has 6 heteroatoms. The highest BCUT2D eigenvalue weighted by Gasteiger charge is 2.35. The lowest BCUT2D eigenvalue weighted by atomic mass is 10.0. The fraction of sp³-hybridized carbons (Fsp3) is 0.826. The van der Waals surface area contributed by atoms with Gasteiger partial charge in [0.05, 0.1) is 25.0 Å². The van der Waals surface area contributed by atoms with Crippen molar-refractivity contribution in [2.75, 3.05) is 13.2 Å². The number of hydrogen-bond acceptors (Lipinski definition) is 6. The molecule has 0 rings (SSSR count). The third-order valence-corrected chi connectivity index (χ3v) is 9.61. The summed E-state index contributed by atoms with van der Waals surface area (Å²) in [5.74, 6) is 0. The third kappa shape index (κ3) is 33.9. The Labute approximate surface area is 322 Å². The maximum absolute atomic E-state index is 11.4. The van der Waals surface area contributed by atoms with Gasteiger partial charge in [0.2, 0.25) is 0 Å². The first-order chi connectivity index (χ1) is 25.6. The molecule has 0 aromatic rings. The maximum Gasteiger partial charge on any atom is 0.160 e. The predicted molar refractivity (Wildman–Crippen MR) is 222 cm³/mol. The third-order valence-electron chi connectivity index (χ3n) is 9.61. The number of ether oxygens (including phenoxy) is 4. The van der Waals surface area contributed by atoms with Gasteiger partial charge >= 0.3 is 0 Å². The van der Waals surface area contributed by atoms with Gasteiger partial charge in [-0.05, 0) is 75.7 Å². The predicted octanol–water partition coefficient (Wildman–Crippen LogP) is 13.6. The van der Waals surface area contributed by atoms with Crippen LogP contribution in [0.5, 0.6) is 0 Å². The molecule has 306 valence electrons. The van der Waals surface area contributed by atoms with Crippen molar-refractivity contribution in [3.05, 3.63) is 49.4 Å². The van der Waals surface area contributed by atoms with Crippen LogP contribution in [0.3, 0.4) is 0 Å². The van der Waals surface area contributed by atoms with E-state index < -0.39 is 24.4 Å². The molecule has 0 unspecified atom stereocenters. The number of allylic oxidation sites excluding steroid dienone is 4. The van der Waals surface area contributed by atoms with E-state index in [1.807, 2.05) is 24.3 Å². The summed E-state index contributed by atoms with van der Waals surface area (Å²) in [6.45, 7) is 9.19. The molecule has 0 radical (unpaired) electrons. The van der Waals surface area contributed by atoms with Crippen molar-refractivity contribution >= 4 is 0 Å². The van der Waals surface area contributed by atoms with Crippen molar-refractivity contribution in [3.8, 4) is 0 Å². The molecule has 0 aliphatic carbocycles. The fourth-order valence-electron chi connectivity index (χ4n) is 6.07. The highest BCUT2D eigenvalue weighted by Crippen LogP contribution is 2.16. The molecule has 0 amide bonds. The summed E-state index contributed by atoms with van der Waals surface area (Å²) in [5, 5.41) is 22.9. The molecule has 0 heterocycles. The molecule has 4 atom stereocenters. The van der Waals surface area contributed by atoms with Crippen LogP contribution in [0.2, 0.25) is 0 Å². The van der Waals surface area contributed by atoms with Crippen molar-refractivity contribution in [3.63, 3.8) is 0 Å². The molecule has 0 bridgehead atoms. The van der Waals surface area contributed by atoms with Gasteiger partial charge in [0, 0.05) is 0 Å². The number of rotatable bonds is 41. The average Bonchev–Trinajstić information content (AvgIpc) is 3.15. The zero-order chi connectivity index (χ0) is 38.0. The van der Waals surface area contributed by atoms with Gasteiger partial charge < -0.3 is 29.2 Å². The molecule has 0 aliphatic rings. The maximum atomic E-state index is 11.4. The molecule has 0 aromatic heterocycles. The first-order valence-electron chi connectivity index (χ1n) is 22.1. The molecular weight excluding hydrogens is 649 g/mol. The summed E-state index contributed by atoms with van der Waals surface area (Å²) in [6, 6.07) is 0. The Morgan fingerprint density at radius 1 is 0.346 bits per heavy atom. The summed E-state index contributed by atoms with van der Waals surface area (Å²) >= 11 is 0. The van der Waals surface area contributed by atoms with E-state index in [1.165, 1.54) is 128 Å². The monoisotopic (exact) mass is 735 g/mol. The van der Waals surface area contributed by atoms with Crippen LogP contribution in [0.4, 0.5) is 0 Å². The van der Waals surface area contributed by atoms with E-state index in [1.54, 1.807) is 25.0 Å². The summed E-state index contributed by atoms with van der Waals surface area (Å²) in [4.78, 5) is 0. The number of aliphatic hydroxyl groups is 2. The SMILES string of the molecule is CCCCCCCC/C=C/OC[C@@H](O/C=C/CCCCCCCC)[C@@H](O)[C@H](O)[C@@H](CO/C=C/CCCCCCCC)O/C=C/CCCCCCCC. The minimum Gasteiger partial charge on any atom is -0.498 e. The second-order valence-electron chi connectivity index (χ2n) is 14.7. The van der Waals surface area contributed by atoms with E-state index in [9.17, 15) is 10.2 Å². The van der Waals surface area contributed by atoms with Gasteiger partial charge in [-0.15, -0.1) is 0 Å². The van der Waals surface area contributed by atoms with E-state index in [2.05, 4.69) is 27.7 Å². The first kappa shape index (κ1) is 50.1. The lowest BCUT2D eigenvalue weighted by Gasteiger charge is -2.30. The Balaban J connectivity index is 5.28. The van der Waals surface area contributed by atoms with Crippen LogP contribution in [0, 0.1) is 0 Å². The van der Waals surface area contributed by atoms with Gasteiger partial charge in [-0.3, -0.25) is 0 Å². The minimum atomic E-state index is -1.24. The highest BCUT2D eigenvalue weighted by atomic mass is 16.5. The first-order valence-corrected chi connectivity index (χ1v) is 22.1. The smallest absolute Gasteiger partial charge is 0.160 e. The highest BCUT2D eigenvalue weighted by molar-refractivity contribution is 4.88. The molecule has 52 heavy (non-hydrogen) atoms. The van der Waals surface area contributed by atoms with Crippen LogP contribution >= 0.6 is 0 Å². The van der Waals surface area contributed by atoms with Gasteiger partial charge in [-0.2, -0.15) is 0 Å². The lowest BCUT2D eigenvalue weighted by molar-refractivity contribution is -0.129. The molecule has 0 saturated carbocycles. The molecule has 2 N–H and O–H groups in total. The molecular formula is C46H86O6. The average molecular weight is 735 g/mol. The van der Waals surface area contributed by atoms with E-state index >= 15 is 0 Å².